The van der Waals surface area contributed by atoms with Gasteiger partial charge in [-0.25, -0.2) is 0 Å². The van der Waals surface area contributed by atoms with Crippen molar-refractivity contribution in [3.63, 3.8) is 0 Å². The van der Waals surface area contributed by atoms with Crippen LogP contribution in [0.3, 0.4) is 0 Å². The lowest BCUT2D eigenvalue weighted by atomic mass is 10.1. The van der Waals surface area contributed by atoms with Gasteiger partial charge in [-0.05, 0) is 59.8 Å². The summed E-state index contributed by atoms with van der Waals surface area (Å²) in [4.78, 5) is 0. The van der Waals surface area contributed by atoms with Gasteiger partial charge >= 0.3 is 0 Å². The Bertz CT molecular complexity index is 330. The predicted octanol–water partition coefficient (Wildman–Crippen LogP) is 6.61. The monoisotopic (exact) mass is 292 g/mol. The quantitative estimate of drug-likeness (QED) is 0.290. The van der Waals surface area contributed by atoms with Crippen LogP contribution >= 0.6 is 0 Å². The van der Waals surface area contributed by atoms with Crippen LogP contribution < -0.4 is 0 Å². The zero-order valence-corrected chi connectivity index (χ0v) is 15.0. The van der Waals surface area contributed by atoms with E-state index in [1.165, 1.54) is 48.8 Å². The molecule has 0 rings (SSSR count). The standard InChI is InChI=1S/C20H36O/c1-6-7-8-16-21-17-15-20(5)14-10-13-19(4)12-9-11-18(2)3/h11,13,15H,6-10,12,14,16-17H2,1-5H3/b19-13+,20-15+. The molecule has 0 saturated heterocycles. The SMILES string of the molecule is CCCCCOC/C=C(\C)CC/C=C(\C)CCC=C(C)C. The highest BCUT2D eigenvalue weighted by molar-refractivity contribution is 5.05. The minimum atomic E-state index is 0.777. The van der Waals surface area contributed by atoms with Crippen molar-refractivity contribution in [3.8, 4) is 0 Å². The first kappa shape index (κ1) is 20.2. The third-order valence-corrected chi connectivity index (χ3v) is 3.56. The van der Waals surface area contributed by atoms with Crippen LogP contribution in [0.2, 0.25) is 0 Å². The van der Waals surface area contributed by atoms with E-state index < -0.39 is 0 Å². The molecule has 0 heterocycles. The van der Waals surface area contributed by atoms with Gasteiger partial charge in [-0.2, -0.15) is 0 Å². The smallest absolute Gasteiger partial charge is 0.0649 e. The molecule has 0 aliphatic rings. The van der Waals surface area contributed by atoms with E-state index >= 15 is 0 Å². The van der Waals surface area contributed by atoms with Crippen molar-refractivity contribution in [2.24, 2.45) is 0 Å². The molecule has 1 heteroatoms. The molecule has 0 amide bonds. The Kier molecular flexibility index (Phi) is 13.6. The topological polar surface area (TPSA) is 9.23 Å². The van der Waals surface area contributed by atoms with Crippen LogP contribution in [-0.4, -0.2) is 13.2 Å². The fraction of sp³-hybridized carbons (Fsp3) is 0.700. The molecule has 0 fully saturated rings. The van der Waals surface area contributed by atoms with Crippen molar-refractivity contribution in [1.82, 2.24) is 0 Å². The summed E-state index contributed by atoms with van der Waals surface area (Å²) < 4.78 is 5.61. The number of allylic oxidation sites excluding steroid dienone is 5. The molecular formula is C20H36O. The molecule has 0 atom stereocenters. The molecule has 0 spiro atoms. The van der Waals surface area contributed by atoms with Crippen LogP contribution in [0, 0.1) is 0 Å². The first-order chi connectivity index (χ1) is 10.1. The molecule has 0 aromatic heterocycles. The van der Waals surface area contributed by atoms with E-state index in [9.17, 15) is 0 Å². The van der Waals surface area contributed by atoms with E-state index in [0.29, 0.717) is 0 Å². The normalized spacial score (nSPS) is 12.6. The molecule has 21 heavy (non-hydrogen) atoms. The zero-order chi connectivity index (χ0) is 15.9. The van der Waals surface area contributed by atoms with E-state index in [-0.39, 0.29) is 0 Å². The molecule has 0 aliphatic heterocycles. The van der Waals surface area contributed by atoms with Gasteiger partial charge in [-0.1, -0.05) is 54.7 Å². The summed E-state index contributed by atoms with van der Waals surface area (Å²) in [7, 11) is 0. The van der Waals surface area contributed by atoms with Gasteiger partial charge in [0.2, 0.25) is 0 Å². The number of rotatable bonds is 12. The maximum absolute atomic E-state index is 5.61. The lowest BCUT2D eigenvalue weighted by Crippen LogP contribution is -1.95. The van der Waals surface area contributed by atoms with Crippen molar-refractivity contribution < 1.29 is 4.74 Å². The van der Waals surface area contributed by atoms with Gasteiger partial charge in [0.15, 0.2) is 0 Å². The summed E-state index contributed by atoms with van der Waals surface area (Å²) in [5.74, 6) is 0. The molecule has 0 radical (unpaired) electrons. The molecule has 0 bridgehead atoms. The average Bonchev–Trinajstić information content (AvgIpc) is 2.42. The molecule has 0 saturated carbocycles. The highest BCUT2D eigenvalue weighted by atomic mass is 16.5. The summed E-state index contributed by atoms with van der Waals surface area (Å²) >= 11 is 0. The third-order valence-electron chi connectivity index (χ3n) is 3.56. The number of hydrogen-bond acceptors (Lipinski definition) is 1. The van der Waals surface area contributed by atoms with Gasteiger partial charge in [0.25, 0.3) is 0 Å². The maximum Gasteiger partial charge on any atom is 0.0649 e. The van der Waals surface area contributed by atoms with E-state index in [0.717, 1.165) is 26.1 Å². The minimum absolute atomic E-state index is 0.777. The predicted molar refractivity (Wildman–Crippen MR) is 95.8 cm³/mol. The summed E-state index contributed by atoms with van der Waals surface area (Å²) in [6.07, 6.45) is 15.3. The largest absolute Gasteiger partial charge is 0.377 e. The van der Waals surface area contributed by atoms with Gasteiger partial charge in [-0.15, -0.1) is 0 Å². The van der Waals surface area contributed by atoms with Crippen LogP contribution in [-0.2, 0) is 4.74 Å². The molecule has 0 aromatic rings. The number of hydrogen-bond donors (Lipinski definition) is 0. The Hall–Kier alpha value is -0.820. The Morgan fingerprint density at radius 2 is 1.43 bits per heavy atom. The van der Waals surface area contributed by atoms with Crippen LogP contribution in [0.25, 0.3) is 0 Å². The minimum Gasteiger partial charge on any atom is -0.377 e. The first-order valence-corrected chi connectivity index (χ1v) is 8.58. The third kappa shape index (κ3) is 15.4. The highest BCUT2D eigenvalue weighted by Crippen LogP contribution is 2.11. The van der Waals surface area contributed by atoms with Crippen molar-refractivity contribution in [2.75, 3.05) is 13.2 Å². The van der Waals surface area contributed by atoms with Gasteiger partial charge in [0, 0.05) is 6.61 Å². The lowest BCUT2D eigenvalue weighted by Gasteiger charge is -2.03. The van der Waals surface area contributed by atoms with Crippen molar-refractivity contribution in [3.05, 3.63) is 34.9 Å². The van der Waals surface area contributed by atoms with E-state index in [1.807, 2.05) is 0 Å². The Morgan fingerprint density at radius 3 is 2.05 bits per heavy atom. The van der Waals surface area contributed by atoms with E-state index in [2.05, 4.69) is 52.8 Å². The Labute approximate surface area is 133 Å². The van der Waals surface area contributed by atoms with E-state index in [1.54, 1.807) is 0 Å². The summed E-state index contributed by atoms with van der Waals surface area (Å²) in [6.45, 7) is 12.7. The summed E-state index contributed by atoms with van der Waals surface area (Å²) in [5.41, 5.74) is 4.37. The van der Waals surface area contributed by atoms with Crippen molar-refractivity contribution >= 4 is 0 Å². The molecule has 0 aliphatic carbocycles. The molecule has 0 N–H and O–H groups in total. The molecule has 0 unspecified atom stereocenters. The number of ether oxygens (including phenoxy) is 1. The molecule has 0 aromatic carbocycles. The lowest BCUT2D eigenvalue weighted by molar-refractivity contribution is 0.157. The van der Waals surface area contributed by atoms with E-state index in [4.69, 9.17) is 4.74 Å². The molecular weight excluding hydrogens is 256 g/mol. The van der Waals surface area contributed by atoms with Crippen molar-refractivity contribution in [1.29, 1.82) is 0 Å². The second-order valence-corrected chi connectivity index (χ2v) is 6.24. The Balaban J connectivity index is 3.71. The summed E-state index contributed by atoms with van der Waals surface area (Å²) in [5, 5.41) is 0. The van der Waals surface area contributed by atoms with Crippen LogP contribution in [0.15, 0.2) is 34.9 Å². The van der Waals surface area contributed by atoms with Gasteiger partial charge in [0.05, 0.1) is 6.61 Å². The fourth-order valence-electron chi connectivity index (χ4n) is 2.08. The van der Waals surface area contributed by atoms with Crippen LogP contribution in [0.1, 0.15) is 79.6 Å². The Morgan fingerprint density at radius 1 is 0.810 bits per heavy atom. The first-order valence-electron chi connectivity index (χ1n) is 8.58. The van der Waals surface area contributed by atoms with Crippen molar-refractivity contribution in [2.45, 2.75) is 79.6 Å². The maximum atomic E-state index is 5.61. The van der Waals surface area contributed by atoms with Gasteiger partial charge in [-0.3, -0.25) is 0 Å². The zero-order valence-electron chi connectivity index (χ0n) is 15.0. The summed E-state index contributed by atoms with van der Waals surface area (Å²) in [6, 6.07) is 0. The van der Waals surface area contributed by atoms with Crippen LogP contribution in [0.5, 0.6) is 0 Å². The highest BCUT2D eigenvalue weighted by Gasteiger charge is 1.92. The average molecular weight is 293 g/mol. The second kappa shape index (κ2) is 14.1. The van der Waals surface area contributed by atoms with Crippen LogP contribution in [0.4, 0.5) is 0 Å². The van der Waals surface area contributed by atoms with Gasteiger partial charge < -0.3 is 4.74 Å². The fourth-order valence-corrected chi connectivity index (χ4v) is 2.08. The molecule has 122 valence electrons. The number of unbranched alkanes of at least 4 members (excludes halogenated alkanes) is 2. The second-order valence-electron chi connectivity index (χ2n) is 6.24. The van der Waals surface area contributed by atoms with Gasteiger partial charge in [0.1, 0.15) is 0 Å². The molecule has 1 nitrogen and oxygen atoms in total.